The third kappa shape index (κ3) is 6.04. The first-order valence-corrected chi connectivity index (χ1v) is 13.8. The molecule has 6 heteroatoms. The average Bonchev–Trinajstić information content (AvgIpc) is 3.42. The molecule has 2 aliphatic heterocycles. The quantitative estimate of drug-likeness (QED) is 0.287. The van der Waals surface area contributed by atoms with E-state index >= 15 is 0 Å². The SMILES string of the molecule is CCCCCCN(CCCCCC)C1=NC(=N)C(=C2NC(=N)c3ccc(-c4ccccc4)cc32)S1. The molecular formula is C29H37N5S. The highest BCUT2D eigenvalue weighted by molar-refractivity contribution is 8.18. The van der Waals surface area contributed by atoms with Gasteiger partial charge in [0.2, 0.25) is 0 Å². The highest BCUT2D eigenvalue weighted by Gasteiger charge is 2.31. The van der Waals surface area contributed by atoms with Crippen LogP contribution in [0.1, 0.15) is 76.3 Å². The standard InChI is InChI=1S/C29H37N5S/c1-3-5-7-12-18-34(19-13-8-6-4-2)29-33-28(31)26(35-29)25-24-20-22(21-14-10-9-11-15-21)16-17-23(24)27(30)32-25/h9-11,14-17,20,31H,3-8,12-13,18-19H2,1-2H3,(H2,30,32). The van der Waals surface area contributed by atoms with Gasteiger partial charge in [-0.2, -0.15) is 0 Å². The molecule has 0 aromatic heterocycles. The summed E-state index contributed by atoms with van der Waals surface area (Å²) in [6.45, 7) is 6.47. The van der Waals surface area contributed by atoms with Crippen molar-refractivity contribution in [1.29, 1.82) is 10.8 Å². The molecule has 4 rings (SSSR count). The Balaban J connectivity index is 1.57. The number of benzene rings is 2. The Hall–Kier alpha value is -2.86. The van der Waals surface area contributed by atoms with Crippen molar-refractivity contribution in [2.24, 2.45) is 4.99 Å². The second-order valence-electron chi connectivity index (χ2n) is 9.28. The second-order valence-corrected chi connectivity index (χ2v) is 10.3. The minimum atomic E-state index is 0.297. The molecular weight excluding hydrogens is 450 g/mol. The monoisotopic (exact) mass is 487 g/mol. The van der Waals surface area contributed by atoms with Gasteiger partial charge in [0.15, 0.2) is 11.0 Å². The topological polar surface area (TPSA) is 75.3 Å². The van der Waals surface area contributed by atoms with Crippen molar-refractivity contribution in [3.63, 3.8) is 0 Å². The molecule has 2 heterocycles. The van der Waals surface area contributed by atoms with Gasteiger partial charge in [0.05, 0.1) is 10.6 Å². The minimum absolute atomic E-state index is 0.297. The molecule has 0 amide bonds. The van der Waals surface area contributed by atoms with Crippen LogP contribution in [0.15, 0.2) is 58.4 Å². The van der Waals surface area contributed by atoms with Crippen LogP contribution in [0, 0.1) is 10.8 Å². The summed E-state index contributed by atoms with van der Waals surface area (Å²) in [5.41, 5.74) is 4.97. The Kier molecular flexibility index (Phi) is 8.80. The smallest absolute Gasteiger partial charge is 0.171 e. The molecule has 0 saturated carbocycles. The molecule has 0 unspecified atom stereocenters. The number of hydrogen-bond acceptors (Lipinski definition) is 4. The van der Waals surface area contributed by atoms with Crippen LogP contribution in [-0.4, -0.2) is 34.8 Å². The van der Waals surface area contributed by atoms with Gasteiger partial charge < -0.3 is 10.2 Å². The van der Waals surface area contributed by atoms with Crippen molar-refractivity contribution in [2.45, 2.75) is 65.2 Å². The van der Waals surface area contributed by atoms with Gasteiger partial charge in [-0.25, -0.2) is 4.99 Å². The largest absolute Gasteiger partial charge is 0.351 e. The van der Waals surface area contributed by atoms with Gasteiger partial charge >= 0.3 is 0 Å². The summed E-state index contributed by atoms with van der Waals surface area (Å²) >= 11 is 1.59. The fourth-order valence-electron chi connectivity index (χ4n) is 4.59. The van der Waals surface area contributed by atoms with Crippen molar-refractivity contribution in [3.05, 3.63) is 64.6 Å². The van der Waals surface area contributed by atoms with Gasteiger partial charge in [0.1, 0.15) is 5.84 Å². The fourth-order valence-corrected chi connectivity index (χ4v) is 5.63. The van der Waals surface area contributed by atoms with Crippen LogP contribution in [0.25, 0.3) is 16.8 Å². The molecule has 2 aromatic rings. The van der Waals surface area contributed by atoms with Crippen molar-refractivity contribution in [2.75, 3.05) is 13.1 Å². The minimum Gasteiger partial charge on any atom is -0.351 e. The van der Waals surface area contributed by atoms with Crippen LogP contribution in [0.4, 0.5) is 0 Å². The summed E-state index contributed by atoms with van der Waals surface area (Å²) in [6, 6.07) is 16.5. The number of rotatable bonds is 11. The number of nitrogens with zero attached hydrogens (tertiary/aromatic N) is 2. The fraction of sp³-hybridized carbons (Fsp3) is 0.414. The van der Waals surface area contributed by atoms with Gasteiger partial charge in [0, 0.05) is 24.2 Å². The first kappa shape index (κ1) is 25.2. The lowest BCUT2D eigenvalue weighted by atomic mass is 9.99. The van der Waals surface area contributed by atoms with E-state index in [-0.39, 0.29) is 0 Å². The average molecular weight is 488 g/mol. The number of unbranched alkanes of at least 4 members (excludes halogenated alkanes) is 6. The Bertz CT molecular complexity index is 1110. The second kappa shape index (κ2) is 12.2. The van der Waals surface area contributed by atoms with Crippen LogP contribution >= 0.6 is 11.8 Å². The number of amidine groups is 3. The van der Waals surface area contributed by atoms with E-state index in [2.05, 4.69) is 48.3 Å². The van der Waals surface area contributed by atoms with E-state index in [1.54, 1.807) is 11.8 Å². The third-order valence-corrected chi connectivity index (χ3v) is 7.73. The molecule has 0 atom stereocenters. The van der Waals surface area contributed by atoms with E-state index < -0.39 is 0 Å². The molecule has 2 aliphatic rings. The van der Waals surface area contributed by atoms with Crippen LogP contribution in [0.2, 0.25) is 0 Å². The van der Waals surface area contributed by atoms with E-state index in [4.69, 9.17) is 15.8 Å². The van der Waals surface area contributed by atoms with Gasteiger partial charge in [-0.05, 0) is 47.9 Å². The number of hydrogen-bond donors (Lipinski definition) is 3. The Morgan fingerprint density at radius 2 is 1.49 bits per heavy atom. The first-order valence-electron chi connectivity index (χ1n) is 13.0. The third-order valence-electron chi connectivity index (χ3n) is 6.59. The lowest BCUT2D eigenvalue weighted by Gasteiger charge is -2.23. The van der Waals surface area contributed by atoms with E-state index in [9.17, 15) is 0 Å². The number of aliphatic imine (C=N–C) groups is 1. The van der Waals surface area contributed by atoms with Crippen LogP contribution in [0.3, 0.4) is 0 Å². The maximum atomic E-state index is 8.70. The number of fused-ring (bicyclic) bond motifs is 1. The molecule has 3 N–H and O–H groups in total. The number of thioether (sulfide) groups is 1. The van der Waals surface area contributed by atoms with E-state index in [0.717, 1.165) is 64.0 Å². The first-order chi connectivity index (χ1) is 17.1. The molecule has 0 aliphatic carbocycles. The summed E-state index contributed by atoms with van der Waals surface area (Å²) < 4.78 is 0. The predicted octanol–water partition coefficient (Wildman–Crippen LogP) is 7.49. The molecule has 184 valence electrons. The van der Waals surface area contributed by atoms with Crippen molar-refractivity contribution < 1.29 is 0 Å². The summed E-state index contributed by atoms with van der Waals surface area (Å²) in [7, 11) is 0. The van der Waals surface area contributed by atoms with Crippen LogP contribution in [-0.2, 0) is 0 Å². The van der Waals surface area contributed by atoms with E-state index in [1.807, 2.05) is 24.3 Å². The van der Waals surface area contributed by atoms with Gasteiger partial charge in [-0.1, -0.05) is 88.8 Å². The lowest BCUT2D eigenvalue weighted by Crippen LogP contribution is -2.30. The highest BCUT2D eigenvalue weighted by atomic mass is 32.2. The molecule has 0 fully saturated rings. The van der Waals surface area contributed by atoms with Gasteiger partial charge in [-0.15, -0.1) is 0 Å². The molecule has 0 bridgehead atoms. The van der Waals surface area contributed by atoms with Crippen molar-refractivity contribution >= 4 is 34.3 Å². The van der Waals surface area contributed by atoms with Crippen molar-refractivity contribution in [3.8, 4) is 11.1 Å². The maximum absolute atomic E-state index is 8.70. The zero-order valence-corrected chi connectivity index (χ0v) is 21.8. The number of nitrogens with one attached hydrogen (secondary N) is 3. The van der Waals surface area contributed by atoms with E-state index in [1.165, 1.54) is 38.5 Å². The lowest BCUT2D eigenvalue weighted by molar-refractivity contribution is 0.393. The molecule has 0 spiro atoms. The Morgan fingerprint density at radius 1 is 0.800 bits per heavy atom. The predicted molar refractivity (Wildman–Crippen MR) is 151 cm³/mol. The van der Waals surface area contributed by atoms with Crippen LogP contribution < -0.4 is 5.32 Å². The normalized spacial score (nSPS) is 16.9. The molecule has 0 saturated heterocycles. The Morgan fingerprint density at radius 3 is 2.14 bits per heavy atom. The summed E-state index contributed by atoms with van der Waals surface area (Å²) in [5, 5.41) is 21.4. The highest BCUT2D eigenvalue weighted by Crippen LogP contribution is 2.39. The molecule has 0 radical (unpaired) electrons. The Labute approximate surface area is 214 Å². The summed E-state index contributed by atoms with van der Waals surface area (Å²) in [6.07, 6.45) is 9.78. The molecule has 5 nitrogen and oxygen atoms in total. The van der Waals surface area contributed by atoms with Gasteiger partial charge in [0.25, 0.3) is 0 Å². The van der Waals surface area contributed by atoms with Crippen LogP contribution in [0.5, 0.6) is 0 Å². The van der Waals surface area contributed by atoms with Gasteiger partial charge in [-0.3, -0.25) is 10.8 Å². The zero-order chi connectivity index (χ0) is 24.6. The summed E-state index contributed by atoms with van der Waals surface area (Å²) in [4.78, 5) is 7.92. The molecule has 2 aromatic carbocycles. The summed E-state index contributed by atoms with van der Waals surface area (Å²) in [5.74, 6) is 0.685. The molecule has 35 heavy (non-hydrogen) atoms. The van der Waals surface area contributed by atoms with Crippen molar-refractivity contribution in [1.82, 2.24) is 10.2 Å². The van der Waals surface area contributed by atoms with E-state index in [0.29, 0.717) is 11.7 Å². The maximum Gasteiger partial charge on any atom is 0.171 e. The zero-order valence-electron chi connectivity index (χ0n) is 21.0.